The van der Waals surface area contributed by atoms with Crippen LogP contribution in [0.3, 0.4) is 0 Å². The molecule has 5 heteroatoms. The molecule has 0 radical (unpaired) electrons. The number of piperidine rings is 1. The maximum absolute atomic E-state index is 12.9. The van der Waals surface area contributed by atoms with Gasteiger partial charge in [0.15, 0.2) is 0 Å². The first-order valence-corrected chi connectivity index (χ1v) is 10.2. The van der Waals surface area contributed by atoms with Crippen LogP contribution in [0.25, 0.3) is 0 Å². The van der Waals surface area contributed by atoms with E-state index in [-0.39, 0.29) is 31.2 Å². The number of aliphatic hydroxyl groups excluding tert-OH is 1. The van der Waals surface area contributed by atoms with Crippen molar-refractivity contribution in [3.05, 3.63) is 35.9 Å². The molecule has 27 heavy (non-hydrogen) atoms. The standard InChI is InChI=1S/C22H31NO4/c1-2-16-8-10-18(11-9-16)20(25)23-13-12-22(21(26)27,19(24)15-23)14-17-6-4-3-5-7-17/h3-7,16,18-19,24H,2,8-15H2,1H3,(H,26,27)/t16?,18?,19-,22+/m0/s1. The quantitative estimate of drug-likeness (QED) is 0.831. The fourth-order valence-electron chi connectivity index (χ4n) is 4.74. The van der Waals surface area contributed by atoms with Crippen LogP contribution in [0.5, 0.6) is 0 Å². The predicted octanol–water partition coefficient (Wildman–Crippen LogP) is 3.11. The highest BCUT2D eigenvalue weighted by molar-refractivity contribution is 5.80. The van der Waals surface area contributed by atoms with Crippen LogP contribution in [0.2, 0.25) is 0 Å². The van der Waals surface area contributed by atoms with Gasteiger partial charge in [-0.15, -0.1) is 0 Å². The average molecular weight is 373 g/mol. The minimum Gasteiger partial charge on any atom is -0.481 e. The highest BCUT2D eigenvalue weighted by atomic mass is 16.4. The molecule has 0 spiro atoms. The summed E-state index contributed by atoms with van der Waals surface area (Å²) in [6.07, 6.45) is 4.70. The Kier molecular flexibility index (Phi) is 6.20. The van der Waals surface area contributed by atoms with Gasteiger partial charge in [-0.25, -0.2) is 0 Å². The van der Waals surface area contributed by atoms with Crippen LogP contribution in [0.1, 0.15) is 51.0 Å². The molecule has 2 N–H and O–H groups in total. The van der Waals surface area contributed by atoms with Crippen LogP contribution >= 0.6 is 0 Å². The first-order chi connectivity index (χ1) is 13.0. The van der Waals surface area contributed by atoms with Crippen molar-refractivity contribution in [3.63, 3.8) is 0 Å². The van der Waals surface area contributed by atoms with Gasteiger partial charge in [0.2, 0.25) is 5.91 Å². The summed E-state index contributed by atoms with van der Waals surface area (Å²) in [7, 11) is 0. The van der Waals surface area contributed by atoms with Crippen molar-refractivity contribution < 1.29 is 19.8 Å². The van der Waals surface area contributed by atoms with E-state index in [1.54, 1.807) is 4.90 Å². The van der Waals surface area contributed by atoms with Crippen molar-refractivity contribution in [1.29, 1.82) is 0 Å². The molecule has 5 nitrogen and oxygen atoms in total. The smallest absolute Gasteiger partial charge is 0.312 e. The molecule has 1 saturated heterocycles. The van der Waals surface area contributed by atoms with Gasteiger partial charge in [-0.05, 0) is 50.0 Å². The molecule has 0 aromatic heterocycles. The normalized spacial score (nSPS) is 31.5. The van der Waals surface area contributed by atoms with Gasteiger partial charge in [-0.1, -0.05) is 43.7 Å². The second-order valence-electron chi connectivity index (χ2n) is 8.30. The van der Waals surface area contributed by atoms with Crippen molar-refractivity contribution in [1.82, 2.24) is 4.90 Å². The summed E-state index contributed by atoms with van der Waals surface area (Å²) in [5.41, 5.74) is -0.325. The van der Waals surface area contributed by atoms with Crippen LogP contribution in [-0.4, -0.2) is 46.2 Å². The lowest BCUT2D eigenvalue weighted by atomic mass is 9.71. The summed E-state index contributed by atoms with van der Waals surface area (Å²) in [4.78, 5) is 26.7. The van der Waals surface area contributed by atoms with E-state index in [2.05, 4.69) is 6.92 Å². The number of likely N-dealkylation sites (tertiary alicyclic amines) is 1. The lowest BCUT2D eigenvalue weighted by Gasteiger charge is -2.44. The Morgan fingerprint density at radius 1 is 1.15 bits per heavy atom. The molecule has 0 bridgehead atoms. The van der Waals surface area contributed by atoms with Gasteiger partial charge in [-0.3, -0.25) is 9.59 Å². The number of hydrogen-bond acceptors (Lipinski definition) is 3. The third-order valence-corrected chi connectivity index (χ3v) is 6.73. The van der Waals surface area contributed by atoms with Gasteiger partial charge in [0.1, 0.15) is 5.41 Å². The molecular formula is C22H31NO4. The molecule has 1 saturated carbocycles. The fourth-order valence-corrected chi connectivity index (χ4v) is 4.74. The van der Waals surface area contributed by atoms with E-state index >= 15 is 0 Å². The number of benzene rings is 1. The van der Waals surface area contributed by atoms with Crippen LogP contribution in [0.15, 0.2) is 30.3 Å². The second kappa shape index (κ2) is 8.42. The Balaban J connectivity index is 1.66. The van der Waals surface area contributed by atoms with Gasteiger partial charge in [0.25, 0.3) is 0 Å². The molecule has 1 aromatic carbocycles. The number of rotatable bonds is 5. The molecule has 0 unspecified atom stereocenters. The molecule has 1 aromatic rings. The number of carbonyl (C=O) groups is 2. The van der Waals surface area contributed by atoms with E-state index in [4.69, 9.17) is 0 Å². The summed E-state index contributed by atoms with van der Waals surface area (Å²) >= 11 is 0. The molecule has 1 aliphatic heterocycles. The van der Waals surface area contributed by atoms with Gasteiger partial charge >= 0.3 is 5.97 Å². The third-order valence-electron chi connectivity index (χ3n) is 6.73. The lowest BCUT2D eigenvalue weighted by molar-refractivity contribution is -0.167. The summed E-state index contributed by atoms with van der Waals surface area (Å²) in [6, 6.07) is 9.43. The number of carboxylic acids is 1. The maximum atomic E-state index is 12.9. The zero-order chi connectivity index (χ0) is 19.4. The van der Waals surface area contributed by atoms with E-state index in [0.29, 0.717) is 6.54 Å². The molecule has 2 fully saturated rings. The summed E-state index contributed by atoms with van der Waals surface area (Å²) in [6.45, 7) is 2.72. The maximum Gasteiger partial charge on any atom is 0.312 e. The van der Waals surface area contributed by atoms with Crippen molar-refractivity contribution >= 4 is 11.9 Å². The van der Waals surface area contributed by atoms with Crippen molar-refractivity contribution in [2.45, 2.75) is 58.0 Å². The van der Waals surface area contributed by atoms with E-state index < -0.39 is 17.5 Å². The van der Waals surface area contributed by atoms with Crippen LogP contribution in [0, 0.1) is 17.3 Å². The molecular weight excluding hydrogens is 342 g/mol. The topological polar surface area (TPSA) is 77.8 Å². The van der Waals surface area contributed by atoms with Crippen molar-refractivity contribution in [2.24, 2.45) is 17.3 Å². The highest BCUT2D eigenvalue weighted by Gasteiger charge is 2.49. The van der Waals surface area contributed by atoms with Gasteiger partial charge in [0, 0.05) is 19.0 Å². The number of hydrogen-bond donors (Lipinski definition) is 2. The number of aliphatic carboxylic acids is 1. The average Bonchev–Trinajstić information content (AvgIpc) is 2.69. The molecule has 3 rings (SSSR count). The van der Waals surface area contributed by atoms with E-state index in [0.717, 1.165) is 37.2 Å². The number of nitrogens with zero attached hydrogens (tertiary/aromatic N) is 1. The predicted molar refractivity (Wildman–Crippen MR) is 103 cm³/mol. The molecule has 2 atom stereocenters. The fraction of sp³-hybridized carbons (Fsp3) is 0.636. The number of β-amino-alcohol motifs (C(OH)–C–C–N with tert-alkyl or cyclic N) is 1. The summed E-state index contributed by atoms with van der Waals surface area (Å²) in [5, 5.41) is 20.7. The Labute approximate surface area is 161 Å². The third kappa shape index (κ3) is 4.18. The molecule has 2 aliphatic rings. The lowest BCUT2D eigenvalue weighted by Crippen LogP contribution is -2.57. The Morgan fingerprint density at radius 2 is 1.81 bits per heavy atom. The Morgan fingerprint density at radius 3 is 2.37 bits per heavy atom. The first kappa shape index (κ1) is 19.9. The SMILES string of the molecule is CCC1CCC(C(=O)N2CC[C@](Cc3ccccc3)(C(=O)O)[C@@H](O)C2)CC1. The monoisotopic (exact) mass is 373 g/mol. The number of amides is 1. The summed E-state index contributed by atoms with van der Waals surface area (Å²) < 4.78 is 0. The van der Waals surface area contributed by atoms with E-state index in [1.807, 2.05) is 30.3 Å². The van der Waals surface area contributed by atoms with Crippen molar-refractivity contribution in [3.8, 4) is 0 Å². The number of carboxylic acid groups (broad SMARTS) is 1. The summed E-state index contributed by atoms with van der Waals surface area (Å²) in [5.74, 6) is -0.116. The van der Waals surface area contributed by atoms with Gasteiger partial charge in [0.05, 0.1) is 6.10 Å². The van der Waals surface area contributed by atoms with E-state index in [9.17, 15) is 19.8 Å². The van der Waals surface area contributed by atoms with Crippen LogP contribution in [-0.2, 0) is 16.0 Å². The van der Waals surface area contributed by atoms with Gasteiger partial charge in [-0.2, -0.15) is 0 Å². The molecule has 148 valence electrons. The number of carbonyl (C=O) groups excluding carboxylic acids is 1. The molecule has 1 amide bonds. The highest BCUT2D eigenvalue weighted by Crippen LogP contribution is 2.38. The minimum atomic E-state index is -1.22. The Hall–Kier alpha value is -1.88. The zero-order valence-electron chi connectivity index (χ0n) is 16.1. The minimum absolute atomic E-state index is 0.0338. The van der Waals surface area contributed by atoms with Crippen LogP contribution in [0.4, 0.5) is 0 Å². The van der Waals surface area contributed by atoms with E-state index in [1.165, 1.54) is 6.42 Å². The van der Waals surface area contributed by atoms with Crippen molar-refractivity contribution in [2.75, 3.05) is 13.1 Å². The van der Waals surface area contributed by atoms with Crippen LogP contribution < -0.4 is 0 Å². The zero-order valence-corrected chi connectivity index (χ0v) is 16.1. The second-order valence-corrected chi connectivity index (χ2v) is 8.30. The molecule has 1 heterocycles. The molecule has 1 aliphatic carbocycles. The Bertz CT molecular complexity index is 654. The largest absolute Gasteiger partial charge is 0.481 e. The van der Waals surface area contributed by atoms with Gasteiger partial charge < -0.3 is 15.1 Å². The first-order valence-electron chi connectivity index (χ1n) is 10.2. The number of aliphatic hydroxyl groups is 1.